The van der Waals surface area contributed by atoms with Crippen molar-refractivity contribution in [3.05, 3.63) is 48.3 Å². The van der Waals surface area contributed by atoms with Gasteiger partial charge in [-0.1, -0.05) is 56.2 Å². The molecule has 1 aliphatic rings. The van der Waals surface area contributed by atoms with E-state index in [-0.39, 0.29) is 12.5 Å². The summed E-state index contributed by atoms with van der Waals surface area (Å²) in [5.74, 6) is 0.320. The summed E-state index contributed by atoms with van der Waals surface area (Å²) in [6.45, 7) is 2.22. The third-order valence-electron chi connectivity index (χ3n) is 3.63. The van der Waals surface area contributed by atoms with E-state index in [1.54, 1.807) is 0 Å². The third-order valence-corrected chi connectivity index (χ3v) is 3.63. The van der Waals surface area contributed by atoms with Crippen molar-refractivity contribution in [2.75, 3.05) is 0 Å². The SMILES string of the molecule is CCCCC/C=C\C/C=C\C=C1\OC1C/C=C\CCCC(=O)O. The average Bonchev–Trinajstić information content (AvgIpc) is 3.27. The zero-order valence-corrected chi connectivity index (χ0v) is 14.2. The Morgan fingerprint density at radius 3 is 2.65 bits per heavy atom. The highest BCUT2D eigenvalue weighted by atomic mass is 16.6. The van der Waals surface area contributed by atoms with E-state index in [9.17, 15) is 4.79 Å². The second-order valence-electron chi connectivity index (χ2n) is 5.80. The van der Waals surface area contributed by atoms with E-state index in [1.165, 1.54) is 25.7 Å². The van der Waals surface area contributed by atoms with Crippen LogP contribution in [0.5, 0.6) is 0 Å². The van der Waals surface area contributed by atoms with Gasteiger partial charge in [-0.15, -0.1) is 0 Å². The zero-order valence-electron chi connectivity index (χ0n) is 14.2. The van der Waals surface area contributed by atoms with Crippen molar-refractivity contribution < 1.29 is 14.6 Å². The monoisotopic (exact) mass is 318 g/mol. The van der Waals surface area contributed by atoms with Crippen molar-refractivity contribution >= 4 is 5.97 Å². The summed E-state index contributed by atoms with van der Waals surface area (Å²) in [6, 6.07) is 0. The first-order chi connectivity index (χ1) is 11.2. The minimum Gasteiger partial charge on any atom is -0.483 e. The summed E-state index contributed by atoms with van der Waals surface area (Å²) < 4.78 is 5.48. The zero-order chi connectivity index (χ0) is 16.8. The van der Waals surface area contributed by atoms with Gasteiger partial charge in [-0.05, 0) is 38.2 Å². The van der Waals surface area contributed by atoms with Crippen LogP contribution in [0.2, 0.25) is 0 Å². The molecule has 0 spiro atoms. The molecule has 1 N–H and O–H groups in total. The number of ether oxygens (including phenoxy) is 1. The van der Waals surface area contributed by atoms with Gasteiger partial charge in [-0.25, -0.2) is 0 Å². The Morgan fingerprint density at radius 1 is 1.09 bits per heavy atom. The van der Waals surface area contributed by atoms with Gasteiger partial charge in [0.05, 0.1) is 0 Å². The molecule has 0 aromatic carbocycles. The van der Waals surface area contributed by atoms with Gasteiger partial charge in [0.1, 0.15) is 5.76 Å². The van der Waals surface area contributed by atoms with Crippen molar-refractivity contribution in [2.24, 2.45) is 0 Å². The molecule has 0 aliphatic carbocycles. The molecule has 1 unspecified atom stereocenters. The molecule has 128 valence electrons. The van der Waals surface area contributed by atoms with E-state index < -0.39 is 5.97 Å². The summed E-state index contributed by atoms with van der Waals surface area (Å²) in [5, 5.41) is 8.53. The Balaban J connectivity index is 2.01. The van der Waals surface area contributed by atoms with E-state index in [4.69, 9.17) is 9.84 Å². The van der Waals surface area contributed by atoms with Crippen LogP contribution >= 0.6 is 0 Å². The molecule has 3 nitrogen and oxygen atoms in total. The van der Waals surface area contributed by atoms with Gasteiger partial charge in [0, 0.05) is 12.8 Å². The number of rotatable bonds is 13. The largest absolute Gasteiger partial charge is 0.483 e. The summed E-state index contributed by atoms with van der Waals surface area (Å²) in [5.41, 5.74) is 0. The van der Waals surface area contributed by atoms with Gasteiger partial charge in [-0.2, -0.15) is 0 Å². The summed E-state index contributed by atoms with van der Waals surface area (Å²) in [6.07, 6.45) is 23.8. The summed E-state index contributed by atoms with van der Waals surface area (Å²) in [4.78, 5) is 10.4. The number of hydrogen-bond donors (Lipinski definition) is 1. The predicted molar refractivity (Wildman–Crippen MR) is 95.2 cm³/mol. The Morgan fingerprint density at radius 2 is 1.87 bits per heavy atom. The number of allylic oxidation sites excluding steroid dienone is 6. The maximum Gasteiger partial charge on any atom is 0.303 e. The topological polar surface area (TPSA) is 49.8 Å². The molecule has 1 heterocycles. The minimum absolute atomic E-state index is 0.222. The average molecular weight is 318 g/mol. The quantitative estimate of drug-likeness (QED) is 0.275. The van der Waals surface area contributed by atoms with E-state index in [1.807, 2.05) is 12.2 Å². The van der Waals surface area contributed by atoms with Crippen molar-refractivity contribution in [3.8, 4) is 0 Å². The van der Waals surface area contributed by atoms with Crippen LogP contribution in [-0.4, -0.2) is 17.2 Å². The van der Waals surface area contributed by atoms with Gasteiger partial charge in [-0.3, -0.25) is 4.79 Å². The molecule has 0 aromatic rings. The fourth-order valence-corrected chi connectivity index (χ4v) is 2.20. The number of carbonyl (C=O) groups is 1. The Bertz CT molecular complexity index is 444. The van der Waals surface area contributed by atoms with Gasteiger partial charge < -0.3 is 9.84 Å². The maximum absolute atomic E-state index is 10.4. The smallest absolute Gasteiger partial charge is 0.303 e. The number of hydrogen-bond acceptors (Lipinski definition) is 2. The highest BCUT2D eigenvalue weighted by Crippen LogP contribution is 2.30. The first-order valence-electron chi connectivity index (χ1n) is 8.79. The molecule has 1 rings (SSSR count). The van der Waals surface area contributed by atoms with Gasteiger partial charge in [0.15, 0.2) is 6.10 Å². The van der Waals surface area contributed by atoms with Gasteiger partial charge in [0.25, 0.3) is 0 Å². The molecule has 0 saturated carbocycles. The Kier molecular flexibility index (Phi) is 10.7. The van der Waals surface area contributed by atoms with E-state index in [2.05, 4.69) is 37.3 Å². The van der Waals surface area contributed by atoms with Crippen LogP contribution in [0.3, 0.4) is 0 Å². The molecular weight excluding hydrogens is 288 g/mol. The van der Waals surface area contributed by atoms with Gasteiger partial charge >= 0.3 is 5.97 Å². The lowest BCUT2D eigenvalue weighted by molar-refractivity contribution is -0.137. The van der Waals surface area contributed by atoms with Crippen molar-refractivity contribution in [1.29, 1.82) is 0 Å². The lowest BCUT2D eigenvalue weighted by Gasteiger charge is -1.90. The molecule has 0 aromatic heterocycles. The molecule has 0 radical (unpaired) electrons. The second-order valence-corrected chi connectivity index (χ2v) is 5.80. The first kappa shape index (κ1) is 19.3. The Hall–Kier alpha value is -1.77. The summed E-state index contributed by atoms with van der Waals surface area (Å²) in [7, 11) is 0. The predicted octanol–water partition coefficient (Wildman–Crippen LogP) is 5.55. The van der Waals surface area contributed by atoms with Crippen LogP contribution in [0.15, 0.2) is 48.3 Å². The van der Waals surface area contributed by atoms with Crippen LogP contribution in [0.1, 0.15) is 64.7 Å². The molecule has 3 heteroatoms. The molecule has 0 amide bonds. The van der Waals surface area contributed by atoms with Crippen molar-refractivity contribution in [1.82, 2.24) is 0 Å². The third kappa shape index (κ3) is 11.5. The fourth-order valence-electron chi connectivity index (χ4n) is 2.20. The van der Waals surface area contributed by atoms with Crippen LogP contribution < -0.4 is 0 Å². The first-order valence-corrected chi connectivity index (χ1v) is 8.79. The van der Waals surface area contributed by atoms with E-state index in [0.29, 0.717) is 6.42 Å². The van der Waals surface area contributed by atoms with Gasteiger partial charge in [0.2, 0.25) is 0 Å². The Labute approximate surface area is 140 Å². The number of carboxylic acids is 1. The number of epoxide rings is 1. The molecule has 0 bridgehead atoms. The van der Waals surface area contributed by atoms with Crippen LogP contribution in [0.4, 0.5) is 0 Å². The van der Waals surface area contributed by atoms with Crippen LogP contribution in [0, 0.1) is 0 Å². The van der Waals surface area contributed by atoms with E-state index in [0.717, 1.165) is 25.0 Å². The maximum atomic E-state index is 10.4. The van der Waals surface area contributed by atoms with E-state index >= 15 is 0 Å². The molecule has 1 aliphatic heterocycles. The lowest BCUT2D eigenvalue weighted by Crippen LogP contribution is -1.92. The molecule has 1 atom stereocenters. The number of unbranched alkanes of at least 4 members (excludes halogenated alkanes) is 4. The highest BCUT2D eigenvalue weighted by Gasteiger charge is 2.29. The molecule has 23 heavy (non-hydrogen) atoms. The van der Waals surface area contributed by atoms with Crippen LogP contribution in [0.25, 0.3) is 0 Å². The molecule has 1 fully saturated rings. The van der Waals surface area contributed by atoms with Crippen LogP contribution in [-0.2, 0) is 9.53 Å². The normalized spacial score (nSPS) is 19.2. The number of carboxylic acid groups (broad SMARTS) is 1. The highest BCUT2D eigenvalue weighted by molar-refractivity contribution is 5.66. The second kappa shape index (κ2) is 12.7. The lowest BCUT2D eigenvalue weighted by atomic mass is 10.2. The molecular formula is C20H30O3. The number of aliphatic carboxylic acids is 1. The van der Waals surface area contributed by atoms with Crippen molar-refractivity contribution in [2.45, 2.75) is 70.8 Å². The summed E-state index contributed by atoms with van der Waals surface area (Å²) >= 11 is 0. The fraction of sp³-hybridized carbons (Fsp3) is 0.550. The van der Waals surface area contributed by atoms with Crippen molar-refractivity contribution in [3.63, 3.8) is 0 Å². The standard InChI is InChI=1S/C20H30O3/c1-2-3-4-5-6-7-8-9-12-15-18-19(23-18)16-13-10-11-14-17-20(21)22/h6-7,9-10,12-13,15,19H,2-5,8,11,14,16-17H2,1H3,(H,21,22)/b7-6-,12-9-,13-10-,18-15+. The molecule has 1 saturated heterocycles. The minimum atomic E-state index is -0.725.